The normalized spacial score (nSPS) is 10.8. The van der Waals surface area contributed by atoms with Gasteiger partial charge in [-0.1, -0.05) is 22.9 Å². The molecule has 0 saturated carbocycles. The lowest BCUT2D eigenvalue weighted by Gasteiger charge is -2.02. The van der Waals surface area contributed by atoms with Crippen molar-refractivity contribution in [3.05, 3.63) is 59.7 Å². The number of methoxy groups -OCH3 is 1. The number of rotatable bonds is 4. The highest BCUT2D eigenvalue weighted by Crippen LogP contribution is 2.14. The largest absolute Gasteiger partial charge is 0.497 e. The molecular formula is C16H14N2O2. The highest BCUT2D eigenvalue weighted by atomic mass is 16.6. The van der Waals surface area contributed by atoms with E-state index in [0.29, 0.717) is 11.3 Å². The van der Waals surface area contributed by atoms with Crippen LogP contribution < -0.4 is 9.57 Å². The van der Waals surface area contributed by atoms with Gasteiger partial charge >= 0.3 is 0 Å². The highest BCUT2D eigenvalue weighted by Gasteiger charge is 2.04. The van der Waals surface area contributed by atoms with Gasteiger partial charge < -0.3 is 9.57 Å². The Hall–Kier alpha value is -2.80. The molecule has 0 bridgehead atoms. The van der Waals surface area contributed by atoms with Crippen molar-refractivity contribution in [3.63, 3.8) is 0 Å². The van der Waals surface area contributed by atoms with Crippen LogP contribution in [-0.2, 0) is 0 Å². The standard InChI is InChI=1S/C16H14N2O2/c1-12-3-7-15(8-4-12)20-18-16(11-17)13-5-9-14(19-2)10-6-13/h3-10H,1-2H3/b18-16+. The number of hydrogen-bond donors (Lipinski definition) is 0. The summed E-state index contributed by atoms with van der Waals surface area (Å²) in [6, 6.07) is 16.5. The van der Waals surface area contributed by atoms with Gasteiger partial charge in [-0.25, -0.2) is 0 Å². The zero-order chi connectivity index (χ0) is 14.4. The lowest BCUT2D eigenvalue weighted by Crippen LogP contribution is -2.00. The van der Waals surface area contributed by atoms with Crippen LogP contribution in [0.5, 0.6) is 11.5 Å². The summed E-state index contributed by atoms with van der Waals surface area (Å²) in [6.07, 6.45) is 0. The van der Waals surface area contributed by atoms with E-state index in [0.717, 1.165) is 11.3 Å². The Labute approximate surface area is 117 Å². The summed E-state index contributed by atoms with van der Waals surface area (Å²) < 4.78 is 5.07. The van der Waals surface area contributed by atoms with Crippen molar-refractivity contribution in [2.75, 3.05) is 7.11 Å². The van der Waals surface area contributed by atoms with Crippen molar-refractivity contribution in [1.29, 1.82) is 5.26 Å². The van der Waals surface area contributed by atoms with E-state index < -0.39 is 0 Å². The summed E-state index contributed by atoms with van der Waals surface area (Å²) in [4.78, 5) is 5.26. The zero-order valence-corrected chi connectivity index (χ0v) is 11.3. The van der Waals surface area contributed by atoms with Crippen molar-refractivity contribution in [3.8, 4) is 17.6 Å². The first-order valence-electron chi connectivity index (χ1n) is 6.09. The minimum atomic E-state index is 0.216. The van der Waals surface area contributed by atoms with Crippen molar-refractivity contribution in [2.45, 2.75) is 6.92 Å². The van der Waals surface area contributed by atoms with Crippen molar-refractivity contribution < 1.29 is 9.57 Å². The van der Waals surface area contributed by atoms with E-state index in [4.69, 9.17) is 14.8 Å². The number of oxime groups is 1. The van der Waals surface area contributed by atoms with E-state index in [2.05, 4.69) is 5.16 Å². The molecule has 0 amide bonds. The molecule has 2 aromatic rings. The average molecular weight is 266 g/mol. The summed E-state index contributed by atoms with van der Waals surface area (Å²) in [7, 11) is 1.59. The van der Waals surface area contributed by atoms with E-state index in [1.807, 2.05) is 37.3 Å². The summed E-state index contributed by atoms with van der Waals surface area (Å²) in [6.45, 7) is 1.99. The average Bonchev–Trinajstić information content (AvgIpc) is 2.50. The van der Waals surface area contributed by atoms with Gasteiger partial charge in [0.15, 0.2) is 11.5 Å². The Morgan fingerprint density at radius 1 is 1.00 bits per heavy atom. The quantitative estimate of drug-likeness (QED) is 0.630. The van der Waals surface area contributed by atoms with Gasteiger partial charge in [-0.2, -0.15) is 5.26 Å². The topological polar surface area (TPSA) is 54.6 Å². The molecule has 0 atom stereocenters. The van der Waals surface area contributed by atoms with E-state index in [1.54, 1.807) is 31.4 Å². The molecule has 0 fully saturated rings. The molecule has 0 aliphatic rings. The molecule has 100 valence electrons. The SMILES string of the molecule is COc1ccc(/C(C#N)=N/Oc2ccc(C)cc2)cc1. The third-order valence-corrected chi connectivity index (χ3v) is 2.73. The monoisotopic (exact) mass is 266 g/mol. The van der Waals surface area contributed by atoms with Gasteiger partial charge in [0.25, 0.3) is 0 Å². The van der Waals surface area contributed by atoms with Gasteiger partial charge in [0, 0.05) is 5.56 Å². The fourth-order valence-corrected chi connectivity index (χ4v) is 1.58. The lowest BCUT2D eigenvalue weighted by atomic mass is 10.1. The minimum Gasteiger partial charge on any atom is -0.497 e. The molecule has 0 aliphatic carbocycles. The van der Waals surface area contributed by atoms with E-state index in [9.17, 15) is 0 Å². The van der Waals surface area contributed by atoms with Gasteiger partial charge in [0.05, 0.1) is 7.11 Å². The maximum Gasteiger partial charge on any atom is 0.187 e. The van der Waals surface area contributed by atoms with Gasteiger partial charge in [0.2, 0.25) is 0 Å². The Morgan fingerprint density at radius 3 is 2.15 bits per heavy atom. The molecule has 4 heteroatoms. The molecule has 0 aromatic heterocycles. The highest BCUT2D eigenvalue weighted by molar-refractivity contribution is 6.11. The molecular weight excluding hydrogens is 252 g/mol. The summed E-state index contributed by atoms with van der Waals surface area (Å²) in [5, 5.41) is 13.0. The number of hydrogen-bond acceptors (Lipinski definition) is 4. The van der Waals surface area contributed by atoms with Crippen LogP contribution in [0.15, 0.2) is 53.7 Å². The summed E-state index contributed by atoms with van der Waals surface area (Å²) in [5.74, 6) is 1.32. The van der Waals surface area contributed by atoms with Crippen molar-refractivity contribution in [2.24, 2.45) is 5.16 Å². The van der Waals surface area contributed by atoms with Crippen LogP contribution in [0.3, 0.4) is 0 Å². The van der Waals surface area contributed by atoms with Crippen LogP contribution in [-0.4, -0.2) is 12.8 Å². The van der Waals surface area contributed by atoms with E-state index in [-0.39, 0.29) is 5.71 Å². The molecule has 0 N–H and O–H groups in total. The fourth-order valence-electron chi connectivity index (χ4n) is 1.58. The summed E-state index contributed by atoms with van der Waals surface area (Å²) >= 11 is 0. The second kappa shape index (κ2) is 6.39. The number of aryl methyl sites for hydroxylation is 1. The molecule has 2 rings (SSSR count). The van der Waals surface area contributed by atoms with Crippen LogP contribution in [0.2, 0.25) is 0 Å². The Morgan fingerprint density at radius 2 is 1.60 bits per heavy atom. The molecule has 2 aromatic carbocycles. The molecule has 0 aliphatic heterocycles. The molecule has 0 saturated heterocycles. The Balaban J connectivity index is 2.16. The second-order valence-corrected chi connectivity index (χ2v) is 4.18. The smallest absolute Gasteiger partial charge is 0.187 e. The third-order valence-electron chi connectivity index (χ3n) is 2.73. The van der Waals surface area contributed by atoms with Crippen molar-refractivity contribution in [1.82, 2.24) is 0 Å². The number of benzene rings is 2. The first-order valence-corrected chi connectivity index (χ1v) is 6.09. The zero-order valence-electron chi connectivity index (χ0n) is 11.3. The third kappa shape index (κ3) is 3.36. The number of ether oxygens (including phenoxy) is 1. The summed E-state index contributed by atoms with van der Waals surface area (Å²) in [5.41, 5.74) is 2.03. The van der Waals surface area contributed by atoms with Crippen LogP contribution >= 0.6 is 0 Å². The molecule has 0 unspecified atom stereocenters. The molecule has 20 heavy (non-hydrogen) atoms. The van der Waals surface area contributed by atoms with Crippen LogP contribution in [0.1, 0.15) is 11.1 Å². The molecule has 0 radical (unpaired) electrons. The van der Waals surface area contributed by atoms with Gasteiger partial charge in [-0.3, -0.25) is 0 Å². The van der Waals surface area contributed by atoms with Gasteiger partial charge in [-0.15, -0.1) is 0 Å². The van der Waals surface area contributed by atoms with Crippen LogP contribution in [0.4, 0.5) is 0 Å². The molecule has 0 spiro atoms. The fraction of sp³-hybridized carbons (Fsp3) is 0.125. The minimum absolute atomic E-state index is 0.216. The maximum atomic E-state index is 9.14. The molecule has 0 heterocycles. The first-order chi connectivity index (χ1) is 9.72. The van der Waals surface area contributed by atoms with Crippen molar-refractivity contribution >= 4 is 5.71 Å². The second-order valence-electron chi connectivity index (χ2n) is 4.18. The van der Waals surface area contributed by atoms with E-state index in [1.165, 1.54) is 0 Å². The van der Waals surface area contributed by atoms with Gasteiger partial charge in [0.1, 0.15) is 11.8 Å². The molecule has 4 nitrogen and oxygen atoms in total. The Bertz CT molecular complexity index is 638. The first kappa shape index (κ1) is 13.6. The number of nitrogens with zero attached hydrogens (tertiary/aromatic N) is 2. The number of nitriles is 1. The van der Waals surface area contributed by atoms with Crippen LogP contribution in [0, 0.1) is 18.3 Å². The van der Waals surface area contributed by atoms with Crippen LogP contribution in [0.25, 0.3) is 0 Å². The van der Waals surface area contributed by atoms with Gasteiger partial charge in [-0.05, 0) is 43.3 Å². The lowest BCUT2D eigenvalue weighted by molar-refractivity contribution is 0.342. The Kier molecular flexibility index (Phi) is 4.35. The van der Waals surface area contributed by atoms with E-state index >= 15 is 0 Å². The predicted octanol–water partition coefficient (Wildman–Crippen LogP) is 3.31. The maximum absolute atomic E-state index is 9.14. The predicted molar refractivity (Wildman–Crippen MR) is 77.0 cm³/mol.